The lowest BCUT2D eigenvalue weighted by molar-refractivity contribution is 0.267. The van der Waals surface area contributed by atoms with Gasteiger partial charge in [0, 0.05) is 16.6 Å². The Morgan fingerprint density at radius 1 is 1.50 bits per heavy atom. The van der Waals surface area contributed by atoms with Crippen molar-refractivity contribution in [3.63, 3.8) is 0 Å². The highest BCUT2D eigenvalue weighted by Gasteiger charge is 2.11. The second-order valence-corrected chi connectivity index (χ2v) is 4.36. The second kappa shape index (κ2) is 5.92. The first-order chi connectivity index (χ1) is 7.54. The zero-order valence-corrected chi connectivity index (χ0v) is 10.5. The van der Waals surface area contributed by atoms with Crippen LogP contribution in [0.3, 0.4) is 0 Å². The molecule has 0 fully saturated rings. The van der Waals surface area contributed by atoms with Crippen molar-refractivity contribution in [3.8, 4) is 5.75 Å². The summed E-state index contributed by atoms with van der Waals surface area (Å²) in [5.74, 6) is 0.789. The Hall–Kier alpha value is -0.990. The van der Waals surface area contributed by atoms with Gasteiger partial charge in [-0.2, -0.15) is 0 Å². The molecule has 2 N–H and O–H groups in total. The first kappa shape index (κ1) is 13.1. The van der Waals surface area contributed by atoms with E-state index in [0.717, 1.165) is 11.3 Å². The number of hydrogen-bond donors (Lipinski definition) is 1. The van der Waals surface area contributed by atoms with Gasteiger partial charge in [-0.15, -0.1) is 0 Å². The number of halogens is 1. The SMILES string of the molecule is C=CC(C)Oc1cccc(Cl)c1CC(C)N. The normalized spacial score (nSPS) is 14.2. The van der Waals surface area contributed by atoms with Crippen LogP contribution in [0.5, 0.6) is 5.75 Å². The van der Waals surface area contributed by atoms with Crippen molar-refractivity contribution in [1.82, 2.24) is 0 Å². The molecule has 0 aliphatic carbocycles. The van der Waals surface area contributed by atoms with Crippen molar-refractivity contribution in [1.29, 1.82) is 0 Å². The topological polar surface area (TPSA) is 35.2 Å². The predicted octanol–water partition coefficient (Wildman–Crippen LogP) is 3.18. The third-order valence-corrected chi connectivity index (χ3v) is 2.60. The van der Waals surface area contributed by atoms with E-state index in [-0.39, 0.29) is 12.1 Å². The van der Waals surface area contributed by atoms with Gasteiger partial charge in [-0.05, 0) is 32.4 Å². The zero-order valence-electron chi connectivity index (χ0n) is 9.74. The van der Waals surface area contributed by atoms with Crippen LogP contribution in [0, 0.1) is 0 Å². The van der Waals surface area contributed by atoms with E-state index in [2.05, 4.69) is 6.58 Å². The molecule has 88 valence electrons. The smallest absolute Gasteiger partial charge is 0.124 e. The van der Waals surface area contributed by atoms with E-state index in [1.165, 1.54) is 0 Å². The maximum atomic E-state index is 6.14. The molecule has 1 rings (SSSR count). The molecule has 2 nitrogen and oxygen atoms in total. The molecule has 0 spiro atoms. The average molecular weight is 240 g/mol. The molecular formula is C13H18ClNO. The summed E-state index contributed by atoms with van der Waals surface area (Å²) in [6.45, 7) is 7.57. The van der Waals surface area contributed by atoms with E-state index in [0.29, 0.717) is 11.4 Å². The fraction of sp³-hybridized carbons (Fsp3) is 0.385. The highest BCUT2D eigenvalue weighted by molar-refractivity contribution is 6.31. The lowest BCUT2D eigenvalue weighted by Gasteiger charge is -2.17. The highest BCUT2D eigenvalue weighted by atomic mass is 35.5. The van der Waals surface area contributed by atoms with Gasteiger partial charge in [-0.1, -0.05) is 30.3 Å². The van der Waals surface area contributed by atoms with Crippen LogP contribution in [-0.2, 0) is 6.42 Å². The van der Waals surface area contributed by atoms with Crippen molar-refractivity contribution in [2.24, 2.45) is 5.73 Å². The molecule has 2 atom stereocenters. The molecule has 0 aromatic heterocycles. The van der Waals surface area contributed by atoms with Gasteiger partial charge in [0.1, 0.15) is 11.9 Å². The molecule has 0 bridgehead atoms. The Kier molecular flexibility index (Phi) is 4.84. The van der Waals surface area contributed by atoms with Crippen molar-refractivity contribution >= 4 is 11.6 Å². The van der Waals surface area contributed by atoms with Crippen LogP contribution >= 0.6 is 11.6 Å². The van der Waals surface area contributed by atoms with Crippen molar-refractivity contribution < 1.29 is 4.74 Å². The quantitative estimate of drug-likeness (QED) is 0.801. The predicted molar refractivity (Wildman–Crippen MR) is 69.1 cm³/mol. The van der Waals surface area contributed by atoms with E-state index in [9.17, 15) is 0 Å². The minimum atomic E-state index is -0.0368. The summed E-state index contributed by atoms with van der Waals surface area (Å²) in [7, 11) is 0. The van der Waals surface area contributed by atoms with E-state index in [1.807, 2.05) is 32.0 Å². The van der Waals surface area contributed by atoms with Gasteiger partial charge < -0.3 is 10.5 Å². The van der Waals surface area contributed by atoms with E-state index < -0.39 is 0 Å². The van der Waals surface area contributed by atoms with E-state index in [1.54, 1.807) is 6.08 Å². The van der Waals surface area contributed by atoms with Gasteiger partial charge in [0.05, 0.1) is 0 Å². The van der Waals surface area contributed by atoms with Crippen molar-refractivity contribution in [2.45, 2.75) is 32.4 Å². The largest absolute Gasteiger partial charge is 0.486 e. The summed E-state index contributed by atoms with van der Waals surface area (Å²) in [6, 6.07) is 5.69. The van der Waals surface area contributed by atoms with Crippen molar-refractivity contribution in [3.05, 3.63) is 41.4 Å². The molecule has 0 heterocycles. The third kappa shape index (κ3) is 3.54. The van der Waals surface area contributed by atoms with Crippen LogP contribution in [0.2, 0.25) is 5.02 Å². The molecular weight excluding hydrogens is 222 g/mol. The molecule has 0 saturated heterocycles. The van der Waals surface area contributed by atoms with Crippen LogP contribution in [0.25, 0.3) is 0 Å². The number of ether oxygens (including phenoxy) is 1. The first-order valence-corrected chi connectivity index (χ1v) is 5.74. The number of rotatable bonds is 5. The first-order valence-electron chi connectivity index (χ1n) is 5.36. The monoisotopic (exact) mass is 239 g/mol. The van der Waals surface area contributed by atoms with Gasteiger partial charge >= 0.3 is 0 Å². The number of nitrogens with two attached hydrogens (primary N) is 1. The molecule has 3 heteroatoms. The van der Waals surface area contributed by atoms with Crippen LogP contribution < -0.4 is 10.5 Å². The minimum Gasteiger partial charge on any atom is -0.486 e. The Bertz CT molecular complexity index is 363. The van der Waals surface area contributed by atoms with Crippen LogP contribution in [0.15, 0.2) is 30.9 Å². The van der Waals surface area contributed by atoms with E-state index >= 15 is 0 Å². The molecule has 2 unspecified atom stereocenters. The second-order valence-electron chi connectivity index (χ2n) is 3.96. The van der Waals surface area contributed by atoms with Gasteiger partial charge in [0.15, 0.2) is 0 Å². The Labute approximate surface area is 102 Å². The highest BCUT2D eigenvalue weighted by Crippen LogP contribution is 2.28. The summed E-state index contributed by atoms with van der Waals surface area (Å²) >= 11 is 6.14. The average Bonchev–Trinajstić information content (AvgIpc) is 2.22. The molecule has 0 aliphatic rings. The fourth-order valence-corrected chi connectivity index (χ4v) is 1.66. The Balaban J connectivity index is 2.97. The molecule has 1 aromatic rings. The van der Waals surface area contributed by atoms with Crippen LogP contribution in [-0.4, -0.2) is 12.1 Å². The zero-order chi connectivity index (χ0) is 12.1. The van der Waals surface area contributed by atoms with Crippen LogP contribution in [0.4, 0.5) is 0 Å². The number of benzene rings is 1. The molecule has 0 saturated carbocycles. The number of hydrogen-bond acceptors (Lipinski definition) is 2. The molecule has 0 aliphatic heterocycles. The van der Waals surface area contributed by atoms with Gasteiger partial charge in [-0.25, -0.2) is 0 Å². The van der Waals surface area contributed by atoms with Gasteiger partial charge in [0.2, 0.25) is 0 Å². The fourth-order valence-electron chi connectivity index (χ4n) is 1.42. The lowest BCUT2D eigenvalue weighted by Crippen LogP contribution is -2.19. The standard InChI is InChI=1S/C13H18ClNO/c1-4-10(3)16-13-7-5-6-12(14)11(13)8-9(2)15/h4-7,9-10H,1,8,15H2,2-3H3. The molecule has 0 amide bonds. The van der Waals surface area contributed by atoms with Crippen molar-refractivity contribution in [2.75, 3.05) is 0 Å². The summed E-state index contributed by atoms with van der Waals surface area (Å²) in [5, 5.41) is 0.700. The van der Waals surface area contributed by atoms with E-state index in [4.69, 9.17) is 22.1 Å². The minimum absolute atomic E-state index is 0.0368. The maximum Gasteiger partial charge on any atom is 0.124 e. The summed E-state index contributed by atoms with van der Waals surface area (Å²) < 4.78 is 5.72. The molecule has 0 radical (unpaired) electrons. The van der Waals surface area contributed by atoms with Crippen LogP contribution in [0.1, 0.15) is 19.4 Å². The summed E-state index contributed by atoms with van der Waals surface area (Å²) in [4.78, 5) is 0. The third-order valence-electron chi connectivity index (χ3n) is 2.25. The van der Waals surface area contributed by atoms with Gasteiger partial charge in [-0.3, -0.25) is 0 Å². The molecule has 1 aromatic carbocycles. The Morgan fingerprint density at radius 2 is 2.19 bits per heavy atom. The maximum absolute atomic E-state index is 6.14. The summed E-state index contributed by atoms with van der Waals surface area (Å²) in [5.41, 5.74) is 6.76. The Morgan fingerprint density at radius 3 is 2.75 bits per heavy atom. The lowest BCUT2D eigenvalue weighted by atomic mass is 10.1. The summed E-state index contributed by atoms with van der Waals surface area (Å²) in [6.07, 6.45) is 2.42. The molecule has 16 heavy (non-hydrogen) atoms. The van der Waals surface area contributed by atoms with Gasteiger partial charge in [0.25, 0.3) is 0 Å².